The fraction of sp³-hybridized carbons (Fsp3) is 0.481. The Morgan fingerprint density at radius 2 is 1.86 bits per heavy atom. The minimum Gasteiger partial charge on any atom is -0.383 e. The Balaban J connectivity index is 1.63. The zero-order valence-corrected chi connectivity index (χ0v) is 24.3. The summed E-state index contributed by atoms with van der Waals surface area (Å²) in [5.74, 6) is -2.36. The predicted octanol–water partition coefficient (Wildman–Crippen LogP) is 7.43. The molecule has 2 atom stereocenters. The number of aromatic nitrogens is 2. The molecule has 1 aromatic heterocycles. The van der Waals surface area contributed by atoms with Crippen molar-refractivity contribution in [1.29, 1.82) is 0 Å². The second kappa shape index (κ2) is 11.6. The number of benzene rings is 2. The van der Waals surface area contributed by atoms with Crippen LogP contribution in [0.5, 0.6) is 0 Å². The largest absolute Gasteiger partial charge is 0.418 e. The maximum atomic E-state index is 14.0. The molecule has 1 aliphatic heterocycles. The van der Waals surface area contributed by atoms with Crippen molar-refractivity contribution in [3.05, 3.63) is 45.4 Å². The van der Waals surface area contributed by atoms with Gasteiger partial charge in [-0.15, -0.1) is 0 Å². The molecule has 0 saturated carbocycles. The number of aromatic amines is 1. The fourth-order valence-corrected chi connectivity index (χ4v) is 5.23. The molecule has 42 heavy (non-hydrogen) atoms. The molecular weight excluding hydrogens is 611 g/mol. The van der Waals surface area contributed by atoms with Gasteiger partial charge in [0, 0.05) is 19.6 Å². The maximum Gasteiger partial charge on any atom is 0.418 e. The molecule has 1 amide bonds. The number of aliphatic hydroxyl groups excluding tert-OH is 1. The van der Waals surface area contributed by atoms with Crippen molar-refractivity contribution in [1.82, 2.24) is 15.3 Å². The van der Waals surface area contributed by atoms with Gasteiger partial charge in [0.1, 0.15) is 6.10 Å². The van der Waals surface area contributed by atoms with Crippen LogP contribution in [-0.4, -0.2) is 46.4 Å². The third kappa shape index (κ3) is 7.00. The Bertz CT molecular complexity index is 1470. The summed E-state index contributed by atoms with van der Waals surface area (Å²) in [5, 5.41) is 15.9. The van der Waals surface area contributed by atoms with Gasteiger partial charge in [-0.05, 0) is 42.0 Å². The van der Waals surface area contributed by atoms with E-state index in [1.54, 1.807) is 26.8 Å². The van der Waals surface area contributed by atoms with Gasteiger partial charge < -0.3 is 25.6 Å². The van der Waals surface area contributed by atoms with Crippen LogP contribution in [0, 0.1) is 11.3 Å². The molecule has 3 aromatic rings. The molecule has 2 aromatic carbocycles. The zero-order chi connectivity index (χ0) is 31.2. The minimum absolute atomic E-state index is 0.00946. The Kier molecular flexibility index (Phi) is 8.88. The molecule has 2 unspecified atom stereocenters. The van der Waals surface area contributed by atoms with Crippen LogP contribution < -0.4 is 15.5 Å². The second-order valence-electron chi connectivity index (χ2n) is 11.3. The molecular formula is C27H29Cl2F6N5O2. The van der Waals surface area contributed by atoms with E-state index in [1.807, 2.05) is 0 Å². The number of amides is 1. The summed E-state index contributed by atoms with van der Waals surface area (Å²) >= 11 is 12.9. The van der Waals surface area contributed by atoms with Crippen molar-refractivity contribution in [2.75, 3.05) is 23.3 Å². The quantitative estimate of drug-likeness (QED) is 0.210. The first-order valence-corrected chi connectivity index (χ1v) is 13.7. The van der Waals surface area contributed by atoms with Gasteiger partial charge in [-0.25, -0.2) is 4.98 Å². The van der Waals surface area contributed by atoms with Crippen LogP contribution >= 0.6 is 23.2 Å². The minimum atomic E-state index is -4.83. The number of alkyl halides is 6. The van der Waals surface area contributed by atoms with Crippen LogP contribution in [0.15, 0.2) is 24.3 Å². The van der Waals surface area contributed by atoms with Crippen LogP contribution in [0.25, 0.3) is 11.0 Å². The lowest BCUT2D eigenvalue weighted by atomic mass is 9.88. The molecule has 15 heteroatoms. The number of nitrogens with zero attached hydrogens (tertiary/aromatic N) is 2. The summed E-state index contributed by atoms with van der Waals surface area (Å²) in [6.07, 6.45) is -10.7. The Morgan fingerprint density at radius 1 is 1.17 bits per heavy atom. The van der Waals surface area contributed by atoms with Crippen molar-refractivity contribution < 1.29 is 36.2 Å². The van der Waals surface area contributed by atoms with Gasteiger partial charge >= 0.3 is 12.4 Å². The lowest BCUT2D eigenvalue weighted by Gasteiger charge is -2.36. The molecule has 7 nitrogen and oxygen atoms in total. The third-order valence-electron chi connectivity index (χ3n) is 7.07. The molecule has 4 rings (SSSR count). The summed E-state index contributed by atoms with van der Waals surface area (Å²) in [6.45, 7) is 4.51. The van der Waals surface area contributed by atoms with Crippen LogP contribution in [0.2, 0.25) is 10.0 Å². The summed E-state index contributed by atoms with van der Waals surface area (Å²) < 4.78 is 82.2. The van der Waals surface area contributed by atoms with Crippen molar-refractivity contribution >= 4 is 57.5 Å². The van der Waals surface area contributed by atoms with Gasteiger partial charge in [0.05, 0.1) is 43.9 Å². The Morgan fingerprint density at radius 3 is 2.48 bits per heavy atom. The van der Waals surface area contributed by atoms with Crippen LogP contribution in [-0.2, 0) is 17.5 Å². The highest BCUT2D eigenvalue weighted by Gasteiger charge is 2.43. The summed E-state index contributed by atoms with van der Waals surface area (Å²) in [6, 6.07) is 4.99. The SMILES string of the molecule is CC(C)(C)C(O)C(=O)NCc1ccc(Cl)c(Nc2nc3cc(N4CCCC(C(F)(F)F)C4)c(C(F)(F)F)cc3[nH]2)c1Cl. The predicted molar refractivity (Wildman–Crippen MR) is 149 cm³/mol. The highest BCUT2D eigenvalue weighted by atomic mass is 35.5. The number of rotatable bonds is 6. The number of anilines is 3. The van der Waals surface area contributed by atoms with E-state index in [0.29, 0.717) is 5.56 Å². The number of carbonyl (C=O) groups is 1. The standard InChI is InChI=1S/C27H29Cl2F6N5O2/c1-25(2,3)22(41)23(42)36-11-13-6-7-16(28)21(20(13)29)39-24-37-17-9-15(27(33,34)35)19(10-18(17)38-24)40-8-4-5-14(12-40)26(30,31)32/h6-7,9-10,14,22,41H,4-5,8,11-12H2,1-3H3,(H,36,42)(H2,37,38,39). The first kappa shape index (κ1) is 32.0. The number of nitrogens with one attached hydrogen (secondary N) is 3. The lowest BCUT2D eigenvalue weighted by molar-refractivity contribution is -0.176. The number of imidazole rings is 1. The summed E-state index contributed by atoms with van der Waals surface area (Å²) in [7, 11) is 0. The number of piperidine rings is 1. The van der Waals surface area contributed by atoms with Gasteiger partial charge in [0.2, 0.25) is 11.9 Å². The van der Waals surface area contributed by atoms with Gasteiger partial charge in [0.25, 0.3) is 0 Å². The van der Waals surface area contributed by atoms with Gasteiger partial charge in [-0.1, -0.05) is 50.0 Å². The van der Waals surface area contributed by atoms with Crippen molar-refractivity contribution in [3.8, 4) is 0 Å². The highest BCUT2D eigenvalue weighted by Crippen LogP contribution is 2.43. The van der Waals surface area contributed by atoms with E-state index in [1.165, 1.54) is 6.07 Å². The number of carbonyl (C=O) groups excluding carboxylic acids is 1. The molecule has 4 N–H and O–H groups in total. The zero-order valence-electron chi connectivity index (χ0n) is 22.8. The fourth-order valence-electron chi connectivity index (χ4n) is 4.69. The number of hydrogen-bond donors (Lipinski definition) is 4. The highest BCUT2D eigenvalue weighted by molar-refractivity contribution is 6.39. The second-order valence-corrected chi connectivity index (χ2v) is 12.1. The first-order valence-electron chi connectivity index (χ1n) is 13.0. The van der Waals surface area contributed by atoms with Gasteiger partial charge in [-0.3, -0.25) is 4.79 Å². The first-order chi connectivity index (χ1) is 19.4. The van der Waals surface area contributed by atoms with Crippen molar-refractivity contribution in [3.63, 3.8) is 0 Å². The lowest BCUT2D eigenvalue weighted by Crippen LogP contribution is -2.42. The Labute approximate surface area is 247 Å². The molecule has 0 spiro atoms. The molecule has 2 heterocycles. The van der Waals surface area contributed by atoms with E-state index >= 15 is 0 Å². The average molecular weight is 640 g/mol. The van der Waals surface area contributed by atoms with E-state index in [-0.39, 0.29) is 64.3 Å². The van der Waals surface area contributed by atoms with E-state index in [2.05, 4.69) is 20.6 Å². The molecule has 230 valence electrons. The van der Waals surface area contributed by atoms with Crippen LogP contribution in [0.4, 0.5) is 43.7 Å². The molecule has 1 aliphatic rings. The maximum absolute atomic E-state index is 14.0. The number of fused-ring (bicyclic) bond motifs is 1. The van der Waals surface area contributed by atoms with Gasteiger partial charge in [-0.2, -0.15) is 26.3 Å². The monoisotopic (exact) mass is 639 g/mol. The molecule has 0 aliphatic carbocycles. The summed E-state index contributed by atoms with van der Waals surface area (Å²) in [4.78, 5) is 20.5. The van der Waals surface area contributed by atoms with E-state index in [4.69, 9.17) is 23.2 Å². The van der Waals surface area contributed by atoms with Crippen molar-refractivity contribution in [2.45, 2.75) is 58.6 Å². The number of aliphatic hydroxyl groups is 1. The van der Waals surface area contributed by atoms with Gasteiger partial charge in [0.15, 0.2) is 0 Å². The smallest absolute Gasteiger partial charge is 0.383 e. The number of hydrogen-bond acceptors (Lipinski definition) is 5. The average Bonchev–Trinajstić information content (AvgIpc) is 3.29. The molecule has 0 radical (unpaired) electrons. The van der Waals surface area contributed by atoms with Crippen molar-refractivity contribution in [2.24, 2.45) is 11.3 Å². The topological polar surface area (TPSA) is 93.3 Å². The van der Waals surface area contributed by atoms with Crippen LogP contribution in [0.1, 0.15) is 44.7 Å². The van der Waals surface area contributed by atoms with E-state index < -0.39 is 47.8 Å². The van der Waals surface area contributed by atoms with E-state index in [0.717, 1.165) is 17.0 Å². The molecule has 0 bridgehead atoms. The summed E-state index contributed by atoms with van der Waals surface area (Å²) in [5.41, 5.74) is -1.50. The van der Waals surface area contributed by atoms with E-state index in [9.17, 15) is 36.2 Å². The van der Waals surface area contributed by atoms with Crippen LogP contribution in [0.3, 0.4) is 0 Å². The molecule has 1 saturated heterocycles. The Hall–Kier alpha value is -2.90. The molecule has 1 fully saturated rings. The third-order valence-corrected chi connectivity index (χ3v) is 7.81. The normalized spacial score (nSPS) is 17.4. The number of H-pyrrole nitrogens is 1. The number of halogens is 8.